The SMILES string of the molecule is O=C1C=C2SC(C(=O)CBr)NC2=CC1. The summed E-state index contributed by atoms with van der Waals surface area (Å²) >= 11 is 4.54. The van der Waals surface area contributed by atoms with Crippen LogP contribution in [0.15, 0.2) is 22.8 Å². The number of allylic oxidation sites excluding steroid dienone is 2. The second-order valence-corrected chi connectivity index (χ2v) is 4.75. The number of rotatable bonds is 2. The number of halogens is 1. The molecule has 1 N–H and O–H groups in total. The fourth-order valence-corrected chi connectivity index (χ4v) is 2.99. The summed E-state index contributed by atoms with van der Waals surface area (Å²) in [6.07, 6.45) is 3.88. The number of nitrogens with one attached hydrogen (secondary N) is 1. The number of hydrogen-bond acceptors (Lipinski definition) is 4. The molecule has 2 aliphatic rings. The Bertz CT molecular complexity index is 362. The van der Waals surface area contributed by atoms with Gasteiger partial charge < -0.3 is 5.32 Å². The van der Waals surface area contributed by atoms with E-state index in [1.54, 1.807) is 6.08 Å². The van der Waals surface area contributed by atoms with Crippen molar-refractivity contribution in [3.63, 3.8) is 0 Å². The number of alkyl halides is 1. The van der Waals surface area contributed by atoms with E-state index >= 15 is 0 Å². The molecule has 1 unspecified atom stereocenters. The molecule has 1 aliphatic carbocycles. The van der Waals surface area contributed by atoms with E-state index in [-0.39, 0.29) is 16.9 Å². The highest BCUT2D eigenvalue weighted by atomic mass is 79.9. The van der Waals surface area contributed by atoms with Crippen LogP contribution in [0.3, 0.4) is 0 Å². The number of thioether (sulfide) groups is 1. The van der Waals surface area contributed by atoms with Crippen molar-refractivity contribution in [1.82, 2.24) is 5.32 Å². The zero-order valence-corrected chi connectivity index (χ0v) is 9.65. The fourth-order valence-electron chi connectivity index (χ4n) is 1.33. The molecule has 1 aliphatic heterocycles. The minimum Gasteiger partial charge on any atom is -0.366 e. The quantitative estimate of drug-likeness (QED) is 0.772. The summed E-state index contributed by atoms with van der Waals surface area (Å²) in [5.41, 5.74) is 0.925. The Labute approximate surface area is 94.1 Å². The van der Waals surface area contributed by atoms with Crippen molar-refractivity contribution >= 4 is 39.3 Å². The van der Waals surface area contributed by atoms with Crippen molar-refractivity contribution in [1.29, 1.82) is 0 Å². The van der Waals surface area contributed by atoms with E-state index < -0.39 is 0 Å². The molecular weight excluding hydrogens is 266 g/mol. The monoisotopic (exact) mass is 273 g/mol. The first-order valence-electron chi connectivity index (χ1n) is 4.17. The summed E-state index contributed by atoms with van der Waals surface area (Å²) in [6.45, 7) is 0. The van der Waals surface area contributed by atoms with Gasteiger partial charge in [0.15, 0.2) is 11.6 Å². The fraction of sp³-hybridized carbons (Fsp3) is 0.333. The van der Waals surface area contributed by atoms with Gasteiger partial charge in [-0.05, 0) is 6.08 Å². The third kappa shape index (κ3) is 1.79. The molecule has 0 aromatic heterocycles. The van der Waals surface area contributed by atoms with Crippen molar-refractivity contribution in [2.24, 2.45) is 0 Å². The maximum absolute atomic E-state index is 11.4. The van der Waals surface area contributed by atoms with E-state index in [2.05, 4.69) is 21.2 Å². The molecule has 14 heavy (non-hydrogen) atoms. The van der Waals surface area contributed by atoms with Gasteiger partial charge in [-0.3, -0.25) is 9.59 Å². The molecule has 0 radical (unpaired) electrons. The van der Waals surface area contributed by atoms with E-state index in [1.807, 2.05) is 6.08 Å². The Morgan fingerprint density at radius 3 is 3.21 bits per heavy atom. The average Bonchev–Trinajstić information content (AvgIpc) is 2.59. The van der Waals surface area contributed by atoms with Crippen molar-refractivity contribution in [3.8, 4) is 0 Å². The van der Waals surface area contributed by atoms with Gasteiger partial charge in [-0.1, -0.05) is 33.8 Å². The molecule has 1 fully saturated rings. The van der Waals surface area contributed by atoms with Gasteiger partial charge in [-0.2, -0.15) is 0 Å². The lowest BCUT2D eigenvalue weighted by atomic mass is 10.1. The van der Waals surface area contributed by atoms with Crippen molar-refractivity contribution in [2.75, 3.05) is 5.33 Å². The number of ketones is 2. The van der Waals surface area contributed by atoms with Gasteiger partial charge in [-0.15, -0.1) is 0 Å². The van der Waals surface area contributed by atoms with E-state index in [1.165, 1.54) is 11.8 Å². The second-order valence-electron chi connectivity index (χ2n) is 3.04. The summed E-state index contributed by atoms with van der Waals surface area (Å²) in [7, 11) is 0. The Balaban J connectivity index is 2.17. The van der Waals surface area contributed by atoms with Crippen LogP contribution >= 0.6 is 27.7 Å². The van der Waals surface area contributed by atoms with Gasteiger partial charge >= 0.3 is 0 Å². The predicted octanol–water partition coefficient (Wildman–Crippen LogP) is 1.35. The van der Waals surface area contributed by atoms with Crippen LogP contribution in [0.5, 0.6) is 0 Å². The number of carbonyl (C=O) groups is 2. The van der Waals surface area contributed by atoms with Crippen LogP contribution in [0.1, 0.15) is 6.42 Å². The summed E-state index contributed by atoms with van der Waals surface area (Å²) in [4.78, 5) is 23.4. The van der Waals surface area contributed by atoms with Gasteiger partial charge in [0.25, 0.3) is 0 Å². The van der Waals surface area contributed by atoms with Crippen LogP contribution in [0.25, 0.3) is 0 Å². The molecule has 0 amide bonds. The van der Waals surface area contributed by atoms with Crippen molar-refractivity contribution < 1.29 is 9.59 Å². The Morgan fingerprint density at radius 1 is 1.71 bits per heavy atom. The normalized spacial score (nSPS) is 24.9. The highest BCUT2D eigenvalue weighted by molar-refractivity contribution is 9.09. The average molecular weight is 274 g/mol. The predicted molar refractivity (Wildman–Crippen MR) is 59.1 cm³/mol. The molecule has 0 bridgehead atoms. The van der Waals surface area contributed by atoms with E-state index in [4.69, 9.17) is 0 Å². The molecule has 74 valence electrons. The van der Waals surface area contributed by atoms with Crippen LogP contribution in [-0.4, -0.2) is 22.3 Å². The molecule has 0 saturated carbocycles. The molecule has 0 spiro atoms. The van der Waals surface area contributed by atoms with Gasteiger partial charge in [0.2, 0.25) is 0 Å². The zero-order valence-electron chi connectivity index (χ0n) is 7.25. The first-order valence-corrected chi connectivity index (χ1v) is 6.18. The number of fused-ring (bicyclic) bond motifs is 1. The minimum absolute atomic E-state index is 0.0960. The second kappa shape index (κ2) is 3.90. The lowest BCUT2D eigenvalue weighted by Gasteiger charge is -2.06. The van der Waals surface area contributed by atoms with Crippen molar-refractivity contribution in [2.45, 2.75) is 11.8 Å². The van der Waals surface area contributed by atoms with E-state index in [0.717, 1.165) is 10.6 Å². The molecule has 0 aromatic rings. The molecule has 5 heteroatoms. The Morgan fingerprint density at radius 2 is 2.50 bits per heavy atom. The molecule has 2 rings (SSSR count). The maximum atomic E-state index is 11.4. The van der Waals surface area contributed by atoms with Gasteiger partial charge in [0.05, 0.1) is 5.33 Å². The smallest absolute Gasteiger partial charge is 0.176 e. The minimum atomic E-state index is -0.238. The van der Waals surface area contributed by atoms with Gasteiger partial charge in [0, 0.05) is 17.0 Å². The summed E-state index contributed by atoms with van der Waals surface area (Å²) in [5.74, 6) is 0.198. The third-order valence-electron chi connectivity index (χ3n) is 2.02. The van der Waals surface area contributed by atoms with Crippen molar-refractivity contribution in [3.05, 3.63) is 22.8 Å². The van der Waals surface area contributed by atoms with Gasteiger partial charge in [0.1, 0.15) is 5.37 Å². The van der Waals surface area contributed by atoms with E-state index in [9.17, 15) is 9.59 Å². The lowest BCUT2D eigenvalue weighted by molar-refractivity contribution is -0.116. The maximum Gasteiger partial charge on any atom is 0.176 e. The molecule has 3 nitrogen and oxygen atoms in total. The zero-order chi connectivity index (χ0) is 10.1. The Kier molecular flexibility index (Phi) is 2.78. The summed E-state index contributed by atoms with van der Waals surface area (Å²) < 4.78 is 0. The topological polar surface area (TPSA) is 46.2 Å². The molecule has 1 heterocycles. The number of Topliss-reactive ketones (excluding diaryl/α,β-unsaturated/α-hetero) is 1. The number of hydrogen-bond donors (Lipinski definition) is 1. The standard InChI is InChI=1S/C9H8BrNO2S/c10-4-7(13)9-11-6-2-1-5(12)3-8(6)14-9/h2-3,9,11H,1,4H2. The summed E-state index contributed by atoms with van der Waals surface area (Å²) in [5, 5.41) is 3.19. The first-order chi connectivity index (χ1) is 6.70. The van der Waals surface area contributed by atoms with Crippen LogP contribution in [0.4, 0.5) is 0 Å². The van der Waals surface area contributed by atoms with Gasteiger partial charge in [-0.25, -0.2) is 0 Å². The third-order valence-corrected chi connectivity index (χ3v) is 3.78. The Hall–Kier alpha value is -0.550. The lowest BCUT2D eigenvalue weighted by Crippen LogP contribution is -2.28. The van der Waals surface area contributed by atoms with E-state index in [0.29, 0.717) is 11.8 Å². The summed E-state index contributed by atoms with van der Waals surface area (Å²) in [6, 6.07) is 0. The largest absolute Gasteiger partial charge is 0.366 e. The number of carbonyl (C=O) groups excluding carboxylic acids is 2. The van der Waals surface area contributed by atoms with Crippen LogP contribution in [0.2, 0.25) is 0 Å². The molecular formula is C9H8BrNO2S. The highest BCUT2D eigenvalue weighted by Crippen LogP contribution is 2.36. The van der Waals surface area contributed by atoms with Crippen LogP contribution in [0, 0.1) is 0 Å². The molecule has 0 aromatic carbocycles. The molecule has 1 saturated heterocycles. The van der Waals surface area contributed by atoms with Crippen LogP contribution < -0.4 is 5.32 Å². The molecule has 1 atom stereocenters. The highest BCUT2D eigenvalue weighted by Gasteiger charge is 2.30. The first kappa shape index (κ1) is 9.98. The van der Waals surface area contributed by atoms with Crippen LogP contribution in [-0.2, 0) is 9.59 Å².